The fraction of sp³-hybridized carbons (Fsp3) is 0.200. The van der Waals surface area contributed by atoms with Crippen molar-refractivity contribution >= 4 is 11.0 Å². The zero-order chi connectivity index (χ0) is 9.80. The number of furan rings is 1. The molecule has 0 fully saturated rings. The van der Waals surface area contributed by atoms with E-state index in [4.69, 9.17) is 15.0 Å². The molecule has 0 aliphatic carbocycles. The van der Waals surface area contributed by atoms with Gasteiger partial charge in [0.15, 0.2) is 11.3 Å². The van der Waals surface area contributed by atoms with Crippen LogP contribution < -0.4 is 16.0 Å². The van der Waals surface area contributed by atoms with Gasteiger partial charge in [-0.05, 0) is 12.1 Å². The van der Waals surface area contributed by atoms with E-state index >= 15 is 0 Å². The summed E-state index contributed by atoms with van der Waals surface area (Å²) in [4.78, 5) is 0. The largest absolute Gasteiger partial charge is 0.488 e. The molecule has 2 rings (SSSR count). The molecule has 1 aromatic carbocycles. The first-order valence-electron chi connectivity index (χ1n) is 4.44. The first-order valence-corrected chi connectivity index (χ1v) is 4.44. The van der Waals surface area contributed by atoms with E-state index in [2.05, 4.69) is 5.43 Å². The third kappa shape index (κ3) is 1.71. The molecule has 0 atom stereocenters. The van der Waals surface area contributed by atoms with Crippen molar-refractivity contribution in [1.29, 1.82) is 0 Å². The molecular weight excluding hydrogens is 180 g/mol. The fourth-order valence-electron chi connectivity index (χ4n) is 1.30. The molecule has 0 radical (unpaired) electrons. The molecule has 4 nitrogen and oxygen atoms in total. The van der Waals surface area contributed by atoms with E-state index in [-0.39, 0.29) is 0 Å². The van der Waals surface area contributed by atoms with Crippen LogP contribution in [0.2, 0.25) is 0 Å². The molecule has 3 N–H and O–H groups in total. The Bertz CT molecular complexity index is 411. The first kappa shape index (κ1) is 9.05. The summed E-state index contributed by atoms with van der Waals surface area (Å²) in [6.07, 6.45) is 1.65. The van der Waals surface area contributed by atoms with Crippen LogP contribution in [-0.2, 0) is 0 Å². The number of nitrogens with two attached hydrogens (primary N) is 1. The lowest BCUT2D eigenvalue weighted by atomic mass is 10.2. The number of benzene rings is 1. The lowest BCUT2D eigenvalue weighted by molar-refractivity contribution is 0.314. The lowest BCUT2D eigenvalue weighted by Gasteiger charge is -2.05. The zero-order valence-corrected chi connectivity index (χ0v) is 7.69. The molecule has 1 heterocycles. The van der Waals surface area contributed by atoms with Gasteiger partial charge in [-0.3, -0.25) is 11.3 Å². The Kier molecular flexibility index (Phi) is 2.67. The monoisotopic (exact) mass is 192 g/mol. The Morgan fingerprint density at radius 1 is 1.36 bits per heavy atom. The highest BCUT2D eigenvalue weighted by molar-refractivity contribution is 5.82. The van der Waals surface area contributed by atoms with E-state index in [0.717, 1.165) is 16.7 Å². The number of fused-ring (bicyclic) bond motifs is 1. The average molecular weight is 192 g/mol. The normalized spacial score (nSPS) is 10.6. The van der Waals surface area contributed by atoms with Crippen molar-refractivity contribution in [3.8, 4) is 5.75 Å². The van der Waals surface area contributed by atoms with Crippen LogP contribution >= 0.6 is 0 Å². The number of ether oxygens (including phenoxy) is 1. The summed E-state index contributed by atoms with van der Waals surface area (Å²) >= 11 is 0. The summed E-state index contributed by atoms with van der Waals surface area (Å²) in [5.74, 6) is 5.88. The van der Waals surface area contributed by atoms with Crippen LogP contribution in [0.3, 0.4) is 0 Å². The summed E-state index contributed by atoms with van der Waals surface area (Å²) in [7, 11) is 0. The third-order valence-corrected chi connectivity index (χ3v) is 1.95. The molecule has 74 valence electrons. The highest BCUT2D eigenvalue weighted by Crippen LogP contribution is 2.25. The van der Waals surface area contributed by atoms with Crippen LogP contribution in [0.4, 0.5) is 0 Å². The van der Waals surface area contributed by atoms with Crippen molar-refractivity contribution in [1.82, 2.24) is 5.43 Å². The van der Waals surface area contributed by atoms with Gasteiger partial charge in [-0.1, -0.05) is 12.1 Å². The van der Waals surface area contributed by atoms with Gasteiger partial charge in [0.2, 0.25) is 0 Å². The van der Waals surface area contributed by atoms with Gasteiger partial charge >= 0.3 is 0 Å². The van der Waals surface area contributed by atoms with Crippen LogP contribution in [0.15, 0.2) is 34.9 Å². The van der Waals surface area contributed by atoms with Crippen molar-refractivity contribution in [2.45, 2.75) is 0 Å². The first-order chi connectivity index (χ1) is 6.92. The second-order valence-electron chi connectivity index (χ2n) is 2.90. The van der Waals surface area contributed by atoms with Gasteiger partial charge < -0.3 is 9.15 Å². The SMILES string of the molecule is NNCCOc1cccc2ccoc12. The molecule has 4 heteroatoms. The van der Waals surface area contributed by atoms with E-state index in [1.54, 1.807) is 6.26 Å². The fourth-order valence-corrected chi connectivity index (χ4v) is 1.30. The van der Waals surface area contributed by atoms with Crippen molar-refractivity contribution in [2.24, 2.45) is 5.84 Å². The van der Waals surface area contributed by atoms with Crippen LogP contribution in [0, 0.1) is 0 Å². The average Bonchev–Trinajstić information content (AvgIpc) is 2.67. The van der Waals surface area contributed by atoms with E-state index in [1.807, 2.05) is 24.3 Å². The third-order valence-electron chi connectivity index (χ3n) is 1.95. The molecule has 0 amide bonds. The Balaban J connectivity index is 2.19. The van der Waals surface area contributed by atoms with Gasteiger partial charge in [-0.15, -0.1) is 0 Å². The summed E-state index contributed by atoms with van der Waals surface area (Å²) in [6.45, 7) is 1.13. The van der Waals surface area contributed by atoms with E-state index in [9.17, 15) is 0 Å². The maximum Gasteiger partial charge on any atom is 0.175 e. The Morgan fingerprint density at radius 3 is 3.14 bits per heavy atom. The van der Waals surface area contributed by atoms with E-state index in [1.165, 1.54) is 0 Å². The number of hydrogen-bond donors (Lipinski definition) is 2. The molecule has 0 unspecified atom stereocenters. The minimum atomic E-state index is 0.524. The smallest absolute Gasteiger partial charge is 0.175 e. The molecule has 2 aromatic rings. The molecule has 0 aliphatic rings. The second kappa shape index (κ2) is 4.13. The molecule has 0 saturated carbocycles. The highest BCUT2D eigenvalue weighted by atomic mass is 16.5. The Labute approximate surface area is 81.6 Å². The summed E-state index contributed by atoms with van der Waals surface area (Å²) in [5, 5.41) is 1.04. The number of nitrogens with one attached hydrogen (secondary N) is 1. The number of para-hydroxylation sites is 1. The van der Waals surface area contributed by atoms with E-state index in [0.29, 0.717) is 13.2 Å². The van der Waals surface area contributed by atoms with Crippen LogP contribution in [0.1, 0.15) is 0 Å². The van der Waals surface area contributed by atoms with Crippen LogP contribution in [-0.4, -0.2) is 13.2 Å². The van der Waals surface area contributed by atoms with Crippen molar-refractivity contribution in [3.63, 3.8) is 0 Å². The van der Waals surface area contributed by atoms with E-state index < -0.39 is 0 Å². The molecule has 0 bridgehead atoms. The van der Waals surface area contributed by atoms with Gasteiger partial charge in [0, 0.05) is 11.9 Å². The topological polar surface area (TPSA) is 60.4 Å². The van der Waals surface area contributed by atoms with Gasteiger partial charge in [0.05, 0.1) is 6.26 Å². The van der Waals surface area contributed by atoms with Crippen molar-refractivity contribution in [2.75, 3.05) is 13.2 Å². The van der Waals surface area contributed by atoms with Crippen LogP contribution in [0.5, 0.6) is 5.75 Å². The molecule has 0 aliphatic heterocycles. The summed E-state index contributed by atoms with van der Waals surface area (Å²) in [6, 6.07) is 7.70. The Morgan fingerprint density at radius 2 is 2.29 bits per heavy atom. The van der Waals surface area contributed by atoms with Crippen molar-refractivity contribution in [3.05, 3.63) is 30.5 Å². The van der Waals surface area contributed by atoms with Gasteiger partial charge in [-0.2, -0.15) is 0 Å². The molecule has 0 spiro atoms. The summed E-state index contributed by atoms with van der Waals surface area (Å²) < 4.78 is 10.8. The molecule has 1 aromatic heterocycles. The van der Waals surface area contributed by atoms with Gasteiger partial charge in [0.1, 0.15) is 6.61 Å². The van der Waals surface area contributed by atoms with Gasteiger partial charge in [0.25, 0.3) is 0 Å². The Hall–Kier alpha value is -1.52. The number of hydrogen-bond acceptors (Lipinski definition) is 4. The lowest BCUT2D eigenvalue weighted by Crippen LogP contribution is -2.27. The highest BCUT2D eigenvalue weighted by Gasteiger charge is 2.03. The number of hydrazine groups is 1. The van der Waals surface area contributed by atoms with Crippen molar-refractivity contribution < 1.29 is 9.15 Å². The predicted octanol–water partition coefficient (Wildman–Crippen LogP) is 1.27. The minimum Gasteiger partial charge on any atom is -0.488 e. The molecule has 14 heavy (non-hydrogen) atoms. The minimum absolute atomic E-state index is 0.524. The van der Waals surface area contributed by atoms with Gasteiger partial charge in [-0.25, -0.2) is 0 Å². The molecule has 0 saturated heterocycles. The standard InChI is InChI=1S/C10H12N2O2/c11-12-5-7-13-9-3-1-2-8-4-6-14-10(8)9/h1-4,6,12H,5,7,11H2. The maximum atomic E-state index is 5.48. The predicted molar refractivity (Wildman–Crippen MR) is 53.9 cm³/mol. The zero-order valence-electron chi connectivity index (χ0n) is 7.69. The van der Waals surface area contributed by atoms with Crippen LogP contribution in [0.25, 0.3) is 11.0 Å². The second-order valence-corrected chi connectivity index (χ2v) is 2.90. The number of rotatable bonds is 4. The quantitative estimate of drug-likeness (QED) is 0.435. The molecular formula is C10H12N2O2. The maximum absolute atomic E-state index is 5.48. The summed E-state index contributed by atoms with van der Waals surface area (Å²) in [5.41, 5.74) is 3.31.